The lowest BCUT2D eigenvalue weighted by Crippen LogP contribution is -2.20. The van der Waals surface area contributed by atoms with Crippen LogP contribution in [-0.4, -0.2) is 23.0 Å². The second kappa shape index (κ2) is 7.00. The molecule has 0 spiro atoms. The van der Waals surface area contributed by atoms with Crippen LogP contribution in [0.25, 0.3) is 0 Å². The number of rotatable bonds is 4. The van der Waals surface area contributed by atoms with Gasteiger partial charge in [0.25, 0.3) is 5.91 Å². The Morgan fingerprint density at radius 2 is 1.71 bits per heavy atom. The van der Waals surface area contributed by atoms with E-state index in [0.29, 0.717) is 11.3 Å². The fourth-order valence-corrected chi connectivity index (χ4v) is 1.71. The van der Waals surface area contributed by atoms with Crippen LogP contribution in [0.2, 0.25) is 0 Å². The lowest BCUT2D eigenvalue weighted by atomic mass is 10.1. The second-order valence-corrected chi connectivity index (χ2v) is 4.41. The number of aryl methyl sites for hydroxylation is 1. The van der Waals surface area contributed by atoms with Gasteiger partial charge in [0.15, 0.2) is 0 Å². The third kappa shape index (κ3) is 4.01. The van der Waals surface area contributed by atoms with Crippen molar-refractivity contribution in [1.29, 1.82) is 0 Å². The average Bonchev–Trinajstić information content (AvgIpc) is 2.52. The maximum Gasteiger partial charge on any atom is 0.271 e. The first-order valence-electron chi connectivity index (χ1n) is 6.38. The molecule has 0 unspecified atom stereocenters. The summed E-state index contributed by atoms with van der Waals surface area (Å²) < 4.78 is 0. The highest BCUT2D eigenvalue weighted by Crippen LogP contribution is 2.03. The van der Waals surface area contributed by atoms with Gasteiger partial charge in [-0.3, -0.25) is 4.79 Å². The molecule has 1 amide bonds. The van der Waals surface area contributed by atoms with Crippen LogP contribution in [0.15, 0.2) is 64.9 Å². The molecule has 21 heavy (non-hydrogen) atoms. The minimum Gasteiger partial charge on any atom is -0.411 e. The summed E-state index contributed by atoms with van der Waals surface area (Å²) in [6, 6.07) is 16.3. The molecule has 0 aliphatic rings. The summed E-state index contributed by atoms with van der Waals surface area (Å²) in [7, 11) is 0. The molecule has 2 aromatic rings. The number of hydrogen-bond donors (Lipinski definition) is 2. The van der Waals surface area contributed by atoms with E-state index in [4.69, 9.17) is 5.21 Å². The molecule has 0 saturated heterocycles. The third-order valence-corrected chi connectivity index (χ3v) is 2.84. The van der Waals surface area contributed by atoms with E-state index < -0.39 is 0 Å². The minimum absolute atomic E-state index is 0.324. The number of hydrogen-bond acceptors (Lipinski definition) is 4. The summed E-state index contributed by atoms with van der Waals surface area (Å²) >= 11 is 0. The van der Waals surface area contributed by atoms with Crippen LogP contribution in [0.4, 0.5) is 0 Å². The number of nitrogens with one attached hydrogen (secondary N) is 1. The van der Waals surface area contributed by atoms with Gasteiger partial charge in [0, 0.05) is 11.1 Å². The van der Waals surface area contributed by atoms with Gasteiger partial charge in [-0.25, -0.2) is 5.43 Å². The molecule has 5 heteroatoms. The molecule has 0 aliphatic heterocycles. The lowest BCUT2D eigenvalue weighted by molar-refractivity contribution is 0.0955. The topological polar surface area (TPSA) is 74.0 Å². The third-order valence-electron chi connectivity index (χ3n) is 2.84. The zero-order valence-corrected chi connectivity index (χ0v) is 11.5. The van der Waals surface area contributed by atoms with E-state index in [1.165, 1.54) is 6.21 Å². The van der Waals surface area contributed by atoms with Crippen molar-refractivity contribution in [3.63, 3.8) is 0 Å². The van der Waals surface area contributed by atoms with Gasteiger partial charge in [0.05, 0.1) is 6.21 Å². The summed E-state index contributed by atoms with van der Waals surface area (Å²) in [4.78, 5) is 12.0. The first-order valence-corrected chi connectivity index (χ1v) is 6.38. The van der Waals surface area contributed by atoms with Crippen molar-refractivity contribution in [2.75, 3.05) is 0 Å². The quantitative estimate of drug-likeness (QED) is 0.513. The van der Waals surface area contributed by atoms with E-state index in [1.807, 2.05) is 37.3 Å². The fraction of sp³-hybridized carbons (Fsp3) is 0.0625. The van der Waals surface area contributed by atoms with E-state index in [9.17, 15) is 4.79 Å². The molecule has 0 saturated carbocycles. The second-order valence-electron chi connectivity index (χ2n) is 4.41. The molecule has 0 fully saturated rings. The van der Waals surface area contributed by atoms with Crippen molar-refractivity contribution in [1.82, 2.24) is 5.43 Å². The maximum absolute atomic E-state index is 12.0. The van der Waals surface area contributed by atoms with Crippen LogP contribution in [0.1, 0.15) is 21.5 Å². The molecule has 0 atom stereocenters. The van der Waals surface area contributed by atoms with Gasteiger partial charge in [0.1, 0.15) is 5.71 Å². The number of hydrazone groups is 1. The Balaban J connectivity index is 2.16. The van der Waals surface area contributed by atoms with Crippen LogP contribution in [0.3, 0.4) is 0 Å². The number of amides is 1. The molecule has 0 aromatic heterocycles. The molecule has 0 heterocycles. The number of benzene rings is 2. The van der Waals surface area contributed by atoms with Crippen LogP contribution in [0, 0.1) is 6.92 Å². The Labute approximate surface area is 122 Å². The Hall–Kier alpha value is -2.95. The van der Waals surface area contributed by atoms with Gasteiger partial charge in [-0.2, -0.15) is 5.10 Å². The molecule has 2 aromatic carbocycles. The summed E-state index contributed by atoms with van der Waals surface area (Å²) in [6.07, 6.45) is 1.17. The number of carbonyl (C=O) groups excluding carboxylic acids is 1. The first kappa shape index (κ1) is 14.5. The largest absolute Gasteiger partial charge is 0.411 e. The predicted molar refractivity (Wildman–Crippen MR) is 81.9 cm³/mol. The summed E-state index contributed by atoms with van der Waals surface area (Å²) in [5, 5.41) is 15.6. The summed E-state index contributed by atoms with van der Waals surface area (Å²) in [6.45, 7) is 1.95. The number of nitrogens with zero attached hydrogens (tertiary/aromatic N) is 2. The number of oxime groups is 1. The van der Waals surface area contributed by atoms with E-state index in [0.717, 1.165) is 11.1 Å². The van der Waals surface area contributed by atoms with Gasteiger partial charge in [-0.1, -0.05) is 53.2 Å². The van der Waals surface area contributed by atoms with Crippen LogP contribution < -0.4 is 5.43 Å². The average molecular weight is 281 g/mol. The number of carbonyl (C=O) groups is 1. The van der Waals surface area contributed by atoms with Crippen molar-refractivity contribution >= 4 is 17.8 Å². The van der Waals surface area contributed by atoms with Gasteiger partial charge in [0.2, 0.25) is 0 Å². The van der Waals surface area contributed by atoms with E-state index in [-0.39, 0.29) is 5.91 Å². The van der Waals surface area contributed by atoms with E-state index >= 15 is 0 Å². The van der Waals surface area contributed by atoms with Gasteiger partial charge < -0.3 is 5.21 Å². The van der Waals surface area contributed by atoms with Crippen molar-refractivity contribution < 1.29 is 10.0 Å². The lowest BCUT2D eigenvalue weighted by Gasteiger charge is -2.03. The molecule has 2 rings (SSSR count). The van der Waals surface area contributed by atoms with E-state index in [1.54, 1.807) is 24.3 Å². The van der Waals surface area contributed by atoms with Gasteiger partial charge >= 0.3 is 0 Å². The molecular weight excluding hydrogens is 266 g/mol. The van der Waals surface area contributed by atoms with Crippen LogP contribution in [-0.2, 0) is 0 Å². The normalized spacial score (nSPS) is 11.6. The monoisotopic (exact) mass is 281 g/mol. The standard InChI is InChI=1S/C16H15N3O2/c1-12-7-9-14(10-8-12)16(20)19-18-15(11-17-21)13-5-3-2-4-6-13/h2-11,21H,1H3,(H,19,20)/b17-11+,18-15+. The predicted octanol–water partition coefficient (Wildman–Crippen LogP) is 2.59. The molecule has 0 aliphatic carbocycles. The maximum atomic E-state index is 12.0. The molecule has 106 valence electrons. The molecule has 2 N–H and O–H groups in total. The van der Waals surface area contributed by atoms with Crippen molar-refractivity contribution in [2.45, 2.75) is 6.92 Å². The van der Waals surface area contributed by atoms with Crippen molar-refractivity contribution in [3.8, 4) is 0 Å². The van der Waals surface area contributed by atoms with Crippen molar-refractivity contribution in [3.05, 3.63) is 71.3 Å². The fourth-order valence-electron chi connectivity index (χ4n) is 1.71. The highest BCUT2D eigenvalue weighted by Gasteiger charge is 2.05. The Bertz CT molecular complexity index is 662. The summed E-state index contributed by atoms with van der Waals surface area (Å²) in [5.74, 6) is -0.324. The van der Waals surface area contributed by atoms with Crippen LogP contribution >= 0.6 is 0 Å². The van der Waals surface area contributed by atoms with Gasteiger partial charge in [-0.05, 0) is 19.1 Å². The Morgan fingerprint density at radius 3 is 2.33 bits per heavy atom. The Kier molecular flexibility index (Phi) is 4.82. The van der Waals surface area contributed by atoms with E-state index in [2.05, 4.69) is 15.7 Å². The smallest absolute Gasteiger partial charge is 0.271 e. The molecule has 0 radical (unpaired) electrons. The van der Waals surface area contributed by atoms with Crippen LogP contribution in [0.5, 0.6) is 0 Å². The first-order chi connectivity index (χ1) is 10.2. The van der Waals surface area contributed by atoms with Crippen molar-refractivity contribution in [2.24, 2.45) is 10.3 Å². The highest BCUT2D eigenvalue weighted by molar-refractivity contribution is 6.38. The Morgan fingerprint density at radius 1 is 1.05 bits per heavy atom. The molecule has 5 nitrogen and oxygen atoms in total. The summed E-state index contributed by atoms with van der Waals surface area (Å²) in [5.41, 5.74) is 5.13. The SMILES string of the molecule is Cc1ccc(C(=O)N/N=C(\C=N\O)c2ccccc2)cc1. The van der Waals surface area contributed by atoms with Gasteiger partial charge in [-0.15, -0.1) is 0 Å². The minimum atomic E-state index is -0.324. The highest BCUT2D eigenvalue weighted by atomic mass is 16.4. The molecule has 0 bridgehead atoms. The zero-order chi connectivity index (χ0) is 15.1. The zero-order valence-electron chi connectivity index (χ0n) is 11.5. The molecular formula is C16H15N3O2.